The lowest BCUT2D eigenvalue weighted by atomic mass is 10.2. The number of anilines is 1. The standard InChI is InChI=1S/C20H20N4O3S/c25-20(22-16-14-21-23(15-16)17-8-3-1-4-9-17)19-12-7-13-24(19)28(26,27)18-10-5-2-6-11-18/h1-6,8-11,14-15,19H,7,12-13H2,(H,22,25). The molecule has 7 nitrogen and oxygen atoms in total. The lowest BCUT2D eigenvalue weighted by Crippen LogP contribution is -2.43. The third kappa shape index (κ3) is 3.56. The van der Waals surface area contributed by atoms with Gasteiger partial charge in [0.1, 0.15) is 6.04 Å². The maximum Gasteiger partial charge on any atom is 0.243 e. The number of sulfonamides is 1. The molecule has 1 fully saturated rings. The van der Waals surface area contributed by atoms with Crippen LogP contribution in [0, 0.1) is 0 Å². The Kier molecular flexibility index (Phi) is 4.97. The van der Waals surface area contributed by atoms with Gasteiger partial charge in [-0.25, -0.2) is 13.1 Å². The minimum Gasteiger partial charge on any atom is -0.322 e. The molecule has 1 N–H and O–H groups in total. The maximum atomic E-state index is 12.9. The van der Waals surface area contributed by atoms with Crippen LogP contribution in [0.3, 0.4) is 0 Å². The zero-order chi connectivity index (χ0) is 19.6. The molecule has 144 valence electrons. The van der Waals surface area contributed by atoms with Crippen molar-refractivity contribution in [2.75, 3.05) is 11.9 Å². The number of carbonyl (C=O) groups is 1. The van der Waals surface area contributed by atoms with E-state index >= 15 is 0 Å². The third-order valence-electron chi connectivity index (χ3n) is 4.73. The van der Waals surface area contributed by atoms with Crippen LogP contribution in [0.1, 0.15) is 12.8 Å². The van der Waals surface area contributed by atoms with E-state index < -0.39 is 16.1 Å². The van der Waals surface area contributed by atoms with Gasteiger partial charge < -0.3 is 5.32 Å². The zero-order valence-corrected chi connectivity index (χ0v) is 15.9. The summed E-state index contributed by atoms with van der Waals surface area (Å²) in [5.74, 6) is -0.343. The summed E-state index contributed by atoms with van der Waals surface area (Å²) in [6.07, 6.45) is 4.40. The van der Waals surface area contributed by atoms with Gasteiger partial charge in [-0.1, -0.05) is 36.4 Å². The van der Waals surface area contributed by atoms with E-state index in [0.717, 1.165) is 5.69 Å². The second kappa shape index (κ2) is 7.57. The van der Waals surface area contributed by atoms with Crippen molar-refractivity contribution in [3.63, 3.8) is 0 Å². The summed E-state index contributed by atoms with van der Waals surface area (Å²) in [5, 5.41) is 7.05. The van der Waals surface area contributed by atoms with Crippen LogP contribution in [-0.4, -0.2) is 41.0 Å². The number of hydrogen-bond donors (Lipinski definition) is 1. The van der Waals surface area contributed by atoms with Crippen molar-refractivity contribution in [1.82, 2.24) is 14.1 Å². The molecule has 28 heavy (non-hydrogen) atoms. The summed E-state index contributed by atoms with van der Waals surface area (Å²) in [6, 6.07) is 17.0. The molecule has 4 rings (SSSR count). The first-order valence-electron chi connectivity index (χ1n) is 9.03. The number of benzene rings is 2. The van der Waals surface area contributed by atoms with Gasteiger partial charge in [-0.15, -0.1) is 0 Å². The highest BCUT2D eigenvalue weighted by atomic mass is 32.2. The average molecular weight is 396 g/mol. The summed E-state index contributed by atoms with van der Waals surface area (Å²) in [4.78, 5) is 13.0. The summed E-state index contributed by atoms with van der Waals surface area (Å²) in [7, 11) is -3.71. The van der Waals surface area contributed by atoms with Gasteiger partial charge in [0.15, 0.2) is 0 Å². The molecule has 0 bridgehead atoms. The predicted octanol–water partition coefficient (Wildman–Crippen LogP) is 2.66. The molecule has 0 saturated carbocycles. The van der Waals surface area contributed by atoms with Crippen molar-refractivity contribution in [2.45, 2.75) is 23.8 Å². The van der Waals surface area contributed by atoms with Gasteiger partial charge in [0.2, 0.25) is 15.9 Å². The fourth-order valence-corrected chi connectivity index (χ4v) is 5.03. The van der Waals surface area contributed by atoms with Crippen molar-refractivity contribution in [1.29, 1.82) is 0 Å². The fraction of sp³-hybridized carbons (Fsp3) is 0.200. The molecule has 2 aromatic carbocycles. The lowest BCUT2D eigenvalue weighted by molar-refractivity contribution is -0.119. The van der Waals surface area contributed by atoms with Crippen LogP contribution in [0.15, 0.2) is 78.0 Å². The van der Waals surface area contributed by atoms with Gasteiger partial charge in [-0.2, -0.15) is 9.40 Å². The average Bonchev–Trinajstić information content (AvgIpc) is 3.39. The molecular weight excluding hydrogens is 376 g/mol. The number of carbonyl (C=O) groups excluding carboxylic acids is 1. The van der Waals surface area contributed by atoms with Crippen molar-refractivity contribution in [2.24, 2.45) is 0 Å². The van der Waals surface area contributed by atoms with Crippen LogP contribution in [0.2, 0.25) is 0 Å². The first-order chi connectivity index (χ1) is 13.6. The van der Waals surface area contributed by atoms with E-state index in [2.05, 4.69) is 10.4 Å². The minimum atomic E-state index is -3.71. The zero-order valence-electron chi connectivity index (χ0n) is 15.1. The molecule has 1 atom stereocenters. The molecule has 1 aliphatic heterocycles. The van der Waals surface area contributed by atoms with Crippen LogP contribution in [0.25, 0.3) is 5.69 Å². The van der Waals surface area contributed by atoms with Gasteiger partial charge in [-0.3, -0.25) is 4.79 Å². The Balaban J connectivity index is 1.51. The Morgan fingerprint density at radius 2 is 1.71 bits per heavy atom. The number of para-hydroxylation sites is 1. The van der Waals surface area contributed by atoms with Crippen LogP contribution in [0.4, 0.5) is 5.69 Å². The van der Waals surface area contributed by atoms with E-state index in [1.807, 2.05) is 30.3 Å². The highest BCUT2D eigenvalue weighted by Gasteiger charge is 2.39. The highest BCUT2D eigenvalue weighted by molar-refractivity contribution is 7.89. The smallest absolute Gasteiger partial charge is 0.243 e. The van der Waals surface area contributed by atoms with Gasteiger partial charge >= 0.3 is 0 Å². The van der Waals surface area contributed by atoms with Crippen molar-refractivity contribution in [3.8, 4) is 5.69 Å². The molecule has 1 amide bonds. The molecule has 0 spiro atoms. The Labute approximate surface area is 163 Å². The predicted molar refractivity (Wildman–Crippen MR) is 106 cm³/mol. The Bertz CT molecular complexity index is 1070. The van der Waals surface area contributed by atoms with Crippen LogP contribution in [0.5, 0.6) is 0 Å². The lowest BCUT2D eigenvalue weighted by Gasteiger charge is -2.23. The first kappa shape index (κ1) is 18.4. The van der Waals surface area contributed by atoms with E-state index in [-0.39, 0.29) is 10.8 Å². The fourth-order valence-electron chi connectivity index (χ4n) is 3.35. The van der Waals surface area contributed by atoms with E-state index in [4.69, 9.17) is 0 Å². The first-order valence-corrected chi connectivity index (χ1v) is 10.5. The summed E-state index contributed by atoms with van der Waals surface area (Å²) in [5.41, 5.74) is 1.40. The van der Waals surface area contributed by atoms with Crippen LogP contribution >= 0.6 is 0 Å². The quantitative estimate of drug-likeness (QED) is 0.719. The number of hydrogen-bond acceptors (Lipinski definition) is 4. The van der Waals surface area contributed by atoms with Crippen molar-refractivity contribution in [3.05, 3.63) is 73.1 Å². The molecule has 0 radical (unpaired) electrons. The van der Waals surface area contributed by atoms with Crippen molar-refractivity contribution < 1.29 is 13.2 Å². The Hall–Kier alpha value is -2.97. The molecule has 1 unspecified atom stereocenters. The largest absolute Gasteiger partial charge is 0.322 e. The monoisotopic (exact) mass is 396 g/mol. The molecule has 1 aliphatic rings. The second-order valence-electron chi connectivity index (χ2n) is 6.59. The maximum absolute atomic E-state index is 12.9. The van der Waals surface area contributed by atoms with Gasteiger partial charge in [0.25, 0.3) is 0 Å². The number of rotatable bonds is 5. The topological polar surface area (TPSA) is 84.3 Å². The van der Waals surface area contributed by atoms with Gasteiger partial charge in [0, 0.05) is 6.54 Å². The summed E-state index contributed by atoms with van der Waals surface area (Å²) in [6.45, 7) is 0.332. The Morgan fingerprint density at radius 3 is 2.43 bits per heavy atom. The van der Waals surface area contributed by atoms with Gasteiger partial charge in [-0.05, 0) is 37.1 Å². The summed E-state index contributed by atoms with van der Waals surface area (Å²) < 4.78 is 28.8. The molecule has 1 saturated heterocycles. The second-order valence-corrected chi connectivity index (χ2v) is 8.48. The van der Waals surface area contributed by atoms with E-state index in [0.29, 0.717) is 25.1 Å². The third-order valence-corrected chi connectivity index (χ3v) is 6.65. The number of amides is 1. The number of nitrogens with one attached hydrogen (secondary N) is 1. The molecule has 2 heterocycles. The highest BCUT2D eigenvalue weighted by Crippen LogP contribution is 2.27. The molecule has 1 aromatic heterocycles. The number of nitrogens with zero attached hydrogens (tertiary/aromatic N) is 3. The van der Waals surface area contributed by atoms with Gasteiger partial charge in [0.05, 0.1) is 28.7 Å². The van der Waals surface area contributed by atoms with E-state index in [1.54, 1.807) is 47.4 Å². The van der Waals surface area contributed by atoms with Crippen molar-refractivity contribution >= 4 is 21.6 Å². The molecule has 8 heteroatoms. The normalized spacial score (nSPS) is 17.5. The SMILES string of the molecule is O=C(Nc1cnn(-c2ccccc2)c1)C1CCCN1S(=O)(=O)c1ccccc1. The number of aromatic nitrogens is 2. The van der Waals surface area contributed by atoms with E-state index in [1.165, 1.54) is 4.31 Å². The molecule has 3 aromatic rings. The minimum absolute atomic E-state index is 0.201. The molecular formula is C20H20N4O3S. The molecule has 0 aliphatic carbocycles. The Morgan fingerprint density at radius 1 is 1.04 bits per heavy atom. The van der Waals surface area contributed by atoms with Crippen LogP contribution < -0.4 is 5.32 Å². The summed E-state index contributed by atoms with van der Waals surface area (Å²) >= 11 is 0. The van der Waals surface area contributed by atoms with E-state index in [9.17, 15) is 13.2 Å². The van der Waals surface area contributed by atoms with Crippen LogP contribution in [-0.2, 0) is 14.8 Å².